The van der Waals surface area contributed by atoms with E-state index in [1.54, 1.807) is 0 Å². The van der Waals surface area contributed by atoms with Crippen LogP contribution in [0.4, 0.5) is 5.69 Å². The van der Waals surface area contributed by atoms with Crippen LogP contribution in [0.25, 0.3) is 0 Å². The number of benzene rings is 1. The van der Waals surface area contributed by atoms with Gasteiger partial charge in [-0.25, -0.2) is 0 Å². The third-order valence-corrected chi connectivity index (χ3v) is 2.14. The van der Waals surface area contributed by atoms with Crippen molar-refractivity contribution in [1.29, 1.82) is 5.41 Å². The van der Waals surface area contributed by atoms with E-state index >= 15 is 0 Å². The van der Waals surface area contributed by atoms with Crippen molar-refractivity contribution in [3.8, 4) is 0 Å². The molecular weight excluding hydrogens is 160 g/mol. The first-order chi connectivity index (χ1) is 6.33. The zero-order chi connectivity index (χ0) is 9.68. The van der Waals surface area contributed by atoms with Gasteiger partial charge in [0.1, 0.15) is 0 Å². The van der Waals surface area contributed by atoms with Crippen LogP contribution in [0, 0.1) is 5.41 Å². The fourth-order valence-corrected chi connectivity index (χ4v) is 1.50. The Morgan fingerprint density at radius 1 is 1.46 bits per heavy atom. The summed E-state index contributed by atoms with van der Waals surface area (Å²) in [5.74, 6) is 0. The molecule has 70 valence electrons. The van der Waals surface area contributed by atoms with Gasteiger partial charge in [0.05, 0.1) is 0 Å². The van der Waals surface area contributed by atoms with Crippen molar-refractivity contribution in [3.05, 3.63) is 29.3 Å². The highest BCUT2D eigenvalue weighted by atomic mass is 14.8. The minimum Gasteiger partial charge on any atom is -0.388 e. The lowest BCUT2D eigenvalue weighted by Crippen LogP contribution is -1.99. The van der Waals surface area contributed by atoms with Gasteiger partial charge in [-0.2, -0.15) is 0 Å². The quantitative estimate of drug-likeness (QED) is 0.680. The van der Waals surface area contributed by atoms with Gasteiger partial charge in [-0.1, -0.05) is 25.5 Å². The second-order valence-electron chi connectivity index (χ2n) is 3.02. The Balaban J connectivity index is 3.12. The molecular formula is C11H16N2. The van der Waals surface area contributed by atoms with Crippen molar-refractivity contribution < 1.29 is 0 Å². The summed E-state index contributed by atoms with van der Waals surface area (Å²) in [4.78, 5) is 0. The minimum absolute atomic E-state index is 1.02. The van der Waals surface area contributed by atoms with E-state index in [0.29, 0.717) is 0 Å². The molecule has 0 aliphatic rings. The second-order valence-corrected chi connectivity index (χ2v) is 3.02. The van der Waals surface area contributed by atoms with Crippen LogP contribution in [0.1, 0.15) is 24.5 Å². The zero-order valence-electron chi connectivity index (χ0n) is 8.22. The van der Waals surface area contributed by atoms with Crippen LogP contribution in [0.3, 0.4) is 0 Å². The summed E-state index contributed by atoms with van der Waals surface area (Å²) in [5, 5.41) is 10.4. The maximum atomic E-state index is 7.28. The highest BCUT2D eigenvalue weighted by molar-refractivity contribution is 5.82. The lowest BCUT2D eigenvalue weighted by molar-refractivity contribution is 0.921. The predicted molar refractivity (Wildman–Crippen MR) is 57.9 cm³/mol. The molecule has 2 N–H and O–H groups in total. The average Bonchev–Trinajstić information content (AvgIpc) is 2.18. The third-order valence-electron chi connectivity index (χ3n) is 2.14. The summed E-state index contributed by atoms with van der Waals surface area (Å²) in [6, 6.07) is 6.02. The molecule has 0 heterocycles. The van der Waals surface area contributed by atoms with Gasteiger partial charge in [-0.15, -0.1) is 0 Å². The van der Waals surface area contributed by atoms with E-state index in [4.69, 9.17) is 5.41 Å². The molecule has 0 amide bonds. The molecule has 0 saturated carbocycles. The molecule has 0 aliphatic heterocycles. The molecule has 2 heteroatoms. The first-order valence-corrected chi connectivity index (χ1v) is 4.63. The van der Waals surface area contributed by atoms with E-state index in [2.05, 4.69) is 18.3 Å². The molecule has 0 saturated heterocycles. The van der Waals surface area contributed by atoms with E-state index in [0.717, 1.165) is 24.1 Å². The summed E-state index contributed by atoms with van der Waals surface area (Å²) in [7, 11) is 1.92. The predicted octanol–water partition coefficient (Wildman–Crippen LogP) is 2.68. The Morgan fingerprint density at radius 3 is 2.77 bits per heavy atom. The Hall–Kier alpha value is -1.31. The molecule has 1 rings (SSSR count). The molecule has 0 atom stereocenters. The molecule has 0 spiro atoms. The van der Waals surface area contributed by atoms with Gasteiger partial charge in [0.2, 0.25) is 0 Å². The highest BCUT2D eigenvalue weighted by Crippen LogP contribution is 2.19. The lowest BCUT2D eigenvalue weighted by Gasteiger charge is -2.10. The second kappa shape index (κ2) is 4.65. The topological polar surface area (TPSA) is 35.9 Å². The van der Waals surface area contributed by atoms with Gasteiger partial charge in [-0.3, -0.25) is 0 Å². The van der Waals surface area contributed by atoms with E-state index in [1.807, 2.05) is 19.2 Å². The molecule has 0 bridgehead atoms. The third kappa shape index (κ3) is 2.08. The van der Waals surface area contributed by atoms with Crippen LogP contribution in [0.2, 0.25) is 0 Å². The summed E-state index contributed by atoms with van der Waals surface area (Å²) in [5.41, 5.74) is 3.42. The van der Waals surface area contributed by atoms with Crippen LogP contribution in [-0.4, -0.2) is 13.3 Å². The van der Waals surface area contributed by atoms with Crippen molar-refractivity contribution >= 4 is 11.9 Å². The van der Waals surface area contributed by atoms with Crippen LogP contribution in [0.5, 0.6) is 0 Å². The largest absolute Gasteiger partial charge is 0.388 e. The van der Waals surface area contributed by atoms with Crippen LogP contribution in [-0.2, 0) is 6.42 Å². The number of hydrogen-bond acceptors (Lipinski definition) is 2. The lowest BCUT2D eigenvalue weighted by atomic mass is 10.0. The number of rotatable bonds is 4. The van der Waals surface area contributed by atoms with Crippen molar-refractivity contribution in [2.45, 2.75) is 19.8 Å². The van der Waals surface area contributed by atoms with Gasteiger partial charge in [0, 0.05) is 18.9 Å². The normalized spacial score (nSPS) is 9.69. The van der Waals surface area contributed by atoms with E-state index in [1.165, 1.54) is 11.8 Å². The molecule has 0 aromatic heterocycles. The maximum absolute atomic E-state index is 7.28. The Labute approximate surface area is 79.5 Å². The first-order valence-electron chi connectivity index (χ1n) is 4.63. The van der Waals surface area contributed by atoms with Crippen LogP contribution in [0.15, 0.2) is 18.2 Å². The van der Waals surface area contributed by atoms with Crippen molar-refractivity contribution in [3.63, 3.8) is 0 Å². The number of anilines is 1. The minimum atomic E-state index is 1.02. The summed E-state index contributed by atoms with van der Waals surface area (Å²) in [6.45, 7) is 2.15. The van der Waals surface area contributed by atoms with Gasteiger partial charge in [-0.05, 0) is 23.6 Å². The summed E-state index contributed by atoms with van der Waals surface area (Å²) in [6.07, 6.45) is 3.56. The van der Waals surface area contributed by atoms with Crippen LogP contribution >= 0.6 is 0 Å². The molecule has 2 nitrogen and oxygen atoms in total. The van der Waals surface area contributed by atoms with Crippen LogP contribution < -0.4 is 5.32 Å². The Bertz CT molecular complexity index is 292. The smallest absolute Gasteiger partial charge is 0.0376 e. The van der Waals surface area contributed by atoms with Crippen molar-refractivity contribution in [1.82, 2.24) is 0 Å². The molecule has 13 heavy (non-hydrogen) atoms. The first kappa shape index (κ1) is 9.78. The number of hydrogen-bond donors (Lipinski definition) is 2. The zero-order valence-corrected chi connectivity index (χ0v) is 8.22. The Kier molecular flexibility index (Phi) is 3.50. The fraction of sp³-hybridized carbons (Fsp3) is 0.364. The standard InChI is InChI=1S/C11H16N2/c1-3-5-10-9(8-12)6-4-7-11(10)13-2/h4,6-8,12-13H,3,5H2,1-2H3. The summed E-state index contributed by atoms with van der Waals surface area (Å²) >= 11 is 0. The van der Waals surface area contributed by atoms with E-state index in [-0.39, 0.29) is 0 Å². The molecule has 1 aromatic rings. The van der Waals surface area contributed by atoms with Gasteiger partial charge in [0.25, 0.3) is 0 Å². The highest BCUT2D eigenvalue weighted by Gasteiger charge is 2.03. The van der Waals surface area contributed by atoms with Gasteiger partial charge >= 0.3 is 0 Å². The van der Waals surface area contributed by atoms with Gasteiger partial charge < -0.3 is 10.7 Å². The molecule has 0 aliphatic carbocycles. The van der Waals surface area contributed by atoms with Crippen molar-refractivity contribution in [2.24, 2.45) is 0 Å². The van der Waals surface area contributed by atoms with E-state index < -0.39 is 0 Å². The molecule has 1 aromatic carbocycles. The summed E-state index contributed by atoms with van der Waals surface area (Å²) < 4.78 is 0. The average molecular weight is 176 g/mol. The van der Waals surface area contributed by atoms with E-state index in [9.17, 15) is 0 Å². The van der Waals surface area contributed by atoms with Crippen molar-refractivity contribution in [2.75, 3.05) is 12.4 Å². The van der Waals surface area contributed by atoms with Gasteiger partial charge in [0.15, 0.2) is 0 Å². The molecule has 0 radical (unpaired) electrons. The SMILES string of the molecule is CCCc1c(C=N)cccc1NC. The monoisotopic (exact) mass is 176 g/mol. The Morgan fingerprint density at radius 2 is 2.23 bits per heavy atom. The molecule has 0 unspecified atom stereocenters. The maximum Gasteiger partial charge on any atom is 0.0376 e. The fourth-order valence-electron chi connectivity index (χ4n) is 1.50. The molecule has 0 fully saturated rings. The number of nitrogens with one attached hydrogen (secondary N) is 2.